The Kier molecular flexibility index (Phi) is 4.59. The zero-order valence-corrected chi connectivity index (χ0v) is 13.9. The predicted molar refractivity (Wildman–Crippen MR) is 88.4 cm³/mol. The van der Waals surface area contributed by atoms with Gasteiger partial charge in [0, 0.05) is 5.02 Å². The maximum atomic E-state index is 12.2. The molecule has 0 N–H and O–H groups in total. The van der Waals surface area contributed by atoms with E-state index in [1.54, 1.807) is 6.07 Å². The minimum absolute atomic E-state index is 0.225. The van der Waals surface area contributed by atoms with Crippen LogP contribution in [0.3, 0.4) is 0 Å². The van der Waals surface area contributed by atoms with Gasteiger partial charge in [-0.05, 0) is 42.7 Å². The fourth-order valence-electron chi connectivity index (χ4n) is 2.15. The van der Waals surface area contributed by atoms with Crippen LogP contribution < -0.4 is 4.31 Å². The average Bonchev–Trinajstić information content (AvgIpc) is 2.39. The van der Waals surface area contributed by atoms with Crippen LogP contribution in [0.15, 0.2) is 42.5 Å². The molecule has 2 aromatic carbocycles. The van der Waals surface area contributed by atoms with Gasteiger partial charge in [0.15, 0.2) is 0 Å². The molecule has 21 heavy (non-hydrogen) atoms. The van der Waals surface area contributed by atoms with Crippen LogP contribution in [-0.4, -0.2) is 14.7 Å². The number of hydrogen-bond donors (Lipinski definition) is 0. The van der Waals surface area contributed by atoms with E-state index in [1.165, 1.54) is 10.6 Å². The average molecular weight is 324 g/mol. The second kappa shape index (κ2) is 6.08. The number of nitrogens with zero attached hydrogens (tertiary/aromatic N) is 1. The number of benzene rings is 2. The molecule has 0 saturated carbocycles. The Morgan fingerprint density at radius 1 is 1.10 bits per heavy atom. The minimum atomic E-state index is -3.40. The van der Waals surface area contributed by atoms with Crippen LogP contribution in [0.2, 0.25) is 5.02 Å². The van der Waals surface area contributed by atoms with E-state index in [9.17, 15) is 8.42 Å². The number of sulfonamides is 1. The zero-order valence-electron chi connectivity index (χ0n) is 12.3. The van der Waals surface area contributed by atoms with Crippen molar-refractivity contribution in [3.05, 3.63) is 64.2 Å². The highest BCUT2D eigenvalue weighted by Crippen LogP contribution is 2.27. The fraction of sp³-hybridized carbons (Fsp3) is 0.250. The lowest BCUT2D eigenvalue weighted by atomic mass is 10.1. The zero-order chi connectivity index (χ0) is 15.6. The minimum Gasteiger partial charge on any atom is -0.266 e. The standard InChI is InChI=1S/C16H18ClNO2S/c1-12-8-9-13(2)16(10-12)18(21(3,19)20)11-14-6-4-5-7-15(14)17/h4-10H,11H2,1-3H3. The molecule has 5 heteroatoms. The molecule has 2 rings (SSSR count). The third kappa shape index (κ3) is 3.77. The van der Waals surface area contributed by atoms with E-state index in [-0.39, 0.29) is 6.54 Å². The summed E-state index contributed by atoms with van der Waals surface area (Å²) in [5, 5.41) is 0.566. The molecule has 0 saturated heterocycles. The highest BCUT2D eigenvalue weighted by atomic mass is 35.5. The Morgan fingerprint density at radius 3 is 2.38 bits per heavy atom. The molecule has 112 valence electrons. The van der Waals surface area contributed by atoms with Gasteiger partial charge in [-0.1, -0.05) is 41.9 Å². The van der Waals surface area contributed by atoms with Crippen LogP contribution in [0, 0.1) is 13.8 Å². The van der Waals surface area contributed by atoms with E-state index >= 15 is 0 Å². The Balaban J connectivity index is 2.50. The largest absolute Gasteiger partial charge is 0.266 e. The maximum Gasteiger partial charge on any atom is 0.232 e. The van der Waals surface area contributed by atoms with Crippen molar-refractivity contribution in [3.63, 3.8) is 0 Å². The van der Waals surface area contributed by atoms with Gasteiger partial charge < -0.3 is 0 Å². The van der Waals surface area contributed by atoms with E-state index in [1.807, 2.05) is 50.2 Å². The van der Waals surface area contributed by atoms with Gasteiger partial charge in [-0.15, -0.1) is 0 Å². The van der Waals surface area contributed by atoms with Crippen molar-refractivity contribution >= 4 is 27.3 Å². The van der Waals surface area contributed by atoms with E-state index in [2.05, 4.69) is 0 Å². The van der Waals surface area contributed by atoms with Gasteiger partial charge in [-0.2, -0.15) is 0 Å². The van der Waals surface area contributed by atoms with Crippen molar-refractivity contribution in [3.8, 4) is 0 Å². The van der Waals surface area contributed by atoms with Gasteiger partial charge in [0.1, 0.15) is 0 Å². The van der Waals surface area contributed by atoms with Crippen LogP contribution in [0.25, 0.3) is 0 Å². The van der Waals surface area contributed by atoms with Gasteiger partial charge in [-0.3, -0.25) is 4.31 Å². The maximum absolute atomic E-state index is 12.2. The smallest absolute Gasteiger partial charge is 0.232 e. The quantitative estimate of drug-likeness (QED) is 0.855. The van der Waals surface area contributed by atoms with Crippen LogP contribution in [0.1, 0.15) is 16.7 Å². The van der Waals surface area contributed by atoms with Gasteiger partial charge in [0.05, 0.1) is 18.5 Å². The van der Waals surface area contributed by atoms with E-state index < -0.39 is 10.0 Å². The molecule has 0 spiro atoms. The predicted octanol–water partition coefficient (Wildman–Crippen LogP) is 3.92. The first kappa shape index (κ1) is 15.9. The first-order valence-corrected chi connectivity index (χ1v) is 8.80. The normalized spacial score (nSPS) is 11.4. The van der Waals surface area contributed by atoms with Crippen LogP contribution in [0.4, 0.5) is 5.69 Å². The molecule has 0 bridgehead atoms. The Morgan fingerprint density at radius 2 is 1.76 bits per heavy atom. The molecule has 0 amide bonds. The molecule has 0 aliphatic carbocycles. The van der Waals surface area contributed by atoms with Crippen molar-refractivity contribution in [1.29, 1.82) is 0 Å². The van der Waals surface area contributed by atoms with Gasteiger partial charge in [0.2, 0.25) is 10.0 Å². The lowest BCUT2D eigenvalue weighted by Crippen LogP contribution is -2.30. The summed E-state index contributed by atoms with van der Waals surface area (Å²) in [5.41, 5.74) is 3.41. The second-order valence-corrected chi connectivity index (χ2v) is 7.46. The van der Waals surface area contributed by atoms with Crippen molar-refractivity contribution in [2.24, 2.45) is 0 Å². The monoisotopic (exact) mass is 323 g/mol. The summed E-state index contributed by atoms with van der Waals surface area (Å²) in [6, 6.07) is 13.1. The first-order valence-electron chi connectivity index (χ1n) is 6.57. The summed E-state index contributed by atoms with van der Waals surface area (Å²) in [6.07, 6.45) is 1.21. The third-order valence-corrected chi connectivity index (χ3v) is 4.80. The molecule has 0 heterocycles. The van der Waals surface area contributed by atoms with E-state index in [0.29, 0.717) is 10.7 Å². The van der Waals surface area contributed by atoms with Crippen LogP contribution in [-0.2, 0) is 16.6 Å². The van der Waals surface area contributed by atoms with Gasteiger partial charge in [-0.25, -0.2) is 8.42 Å². The summed E-state index contributed by atoms with van der Waals surface area (Å²) in [5.74, 6) is 0. The van der Waals surface area contributed by atoms with Crippen molar-refractivity contribution < 1.29 is 8.42 Å². The third-order valence-electron chi connectivity index (χ3n) is 3.31. The number of halogens is 1. The topological polar surface area (TPSA) is 37.4 Å². The molecule has 0 radical (unpaired) electrons. The molecule has 0 unspecified atom stereocenters. The number of hydrogen-bond acceptors (Lipinski definition) is 2. The summed E-state index contributed by atoms with van der Waals surface area (Å²) >= 11 is 6.16. The second-order valence-electron chi connectivity index (χ2n) is 5.15. The lowest BCUT2D eigenvalue weighted by molar-refractivity contribution is 0.596. The lowest BCUT2D eigenvalue weighted by Gasteiger charge is -2.25. The highest BCUT2D eigenvalue weighted by molar-refractivity contribution is 7.92. The molecule has 3 nitrogen and oxygen atoms in total. The molecule has 0 aromatic heterocycles. The van der Waals surface area contributed by atoms with Crippen LogP contribution >= 0.6 is 11.6 Å². The van der Waals surface area contributed by atoms with Crippen molar-refractivity contribution in [2.75, 3.05) is 10.6 Å². The summed E-state index contributed by atoms with van der Waals surface area (Å²) < 4.78 is 25.8. The summed E-state index contributed by atoms with van der Waals surface area (Å²) in [4.78, 5) is 0. The molecule has 0 aliphatic heterocycles. The van der Waals surface area contributed by atoms with E-state index in [4.69, 9.17) is 11.6 Å². The van der Waals surface area contributed by atoms with Gasteiger partial charge >= 0.3 is 0 Å². The molecular weight excluding hydrogens is 306 g/mol. The highest BCUT2D eigenvalue weighted by Gasteiger charge is 2.20. The van der Waals surface area contributed by atoms with Crippen molar-refractivity contribution in [2.45, 2.75) is 20.4 Å². The van der Waals surface area contributed by atoms with Gasteiger partial charge in [0.25, 0.3) is 0 Å². The fourth-order valence-corrected chi connectivity index (χ4v) is 3.27. The van der Waals surface area contributed by atoms with Crippen molar-refractivity contribution in [1.82, 2.24) is 0 Å². The Labute approximate surface area is 131 Å². The number of aryl methyl sites for hydroxylation is 2. The SMILES string of the molecule is Cc1ccc(C)c(N(Cc2ccccc2Cl)S(C)(=O)=O)c1. The van der Waals surface area contributed by atoms with Crippen LogP contribution in [0.5, 0.6) is 0 Å². The number of anilines is 1. The number of rotatable bonds is 4. The summed E-state index contributed by atoms with van der Waals surface area (Å²) in [6.45, 7) is 4.07. The Bertz CT molecular complexity index is 757. The summed E-state index contributed by atoms with van der Waals surface area (Å²) in [7, 11) is -3.40. The van der Waals surface area contributed by atoms with E-state index in [0.717, 1.165) is 16.7 Å². The first-order chi connectivity index (χ1) is 9.79. The Hall–Kier alpha value is -1.52. The molecule has 0 aliphatic rings. The molecular formula is C16H18ClNO2S. The molecule has 2 aromatic rings. The molecule has 0 fully saturated rings. The molecule has 0 atom stereocenters.